The number of benzene rings is 1. The molecule has 4 aromatic rings. The first-order valence-electron chi connectivity index (χ1n) is 11.2. The molecule has 0 spiro atoms. The van der Waals surface area contributed by atoms with Crippen molar-refractivity contribution in [1.29, 1.82) is 0 Å². The van der Waals surface area contributed by atoms with E-state index in [0.29, 0.717) is 29.5 Å². The molecule has 1 aliphatic heterocycles. The zero-order chi connectivity index (χ0) is 23.6. The average molecular weight is 496 g/mol. The van der Waals surface area contributed by atoms with E-state index in [1.165, 1.54) is 34.8 Å². The predicted molar refractivity (Wildman–Crippen MR) is 129 cm³/mol. The highest BCUT2D eigenvalue weighted by Gasteiger charge is 2.54. The molecule has 174 valence electrons. The normalized spacial score (nSPS) is 21.1. The molecule has 2 amide bonds. The van der Waals surface area contributed by atoms with Gasteiger partial charge in [-0.3, -0.25) is 14.0 Å². The summed E-state index contributed by atoms with van der Waals surface area (Å²) in [5, 5.41) is 5.72. The summed E-state index contributed by atoms with van der Waals surface area (Å²) >= 11 is 2.92. The lowest BCUT2D eigenvalue weighted by Gasteiger charge is -2.27. The fourth-order valence-corrected chi connectivity index (χ4v) is 6.69. The van der Waals surface area contributed by atoms with Crippen LogP contribution in [-0.4, -0.2) is 49.7 Å². The highest BCUT2D eigenvalue weighted by Crippen LogP contribution is 2.48. The number of likely N-dealkylation sites (tertiary alicyclic amines) is 1. The van der Waals surface area contributed by atoms with E-state index in [1.807, 2.05) is 30.3 Å². The number of amides is 2. The molecule has 1 N–H and O–H groups in total. The molecule has 6 rings (SSSR count). The number of nitrogens with one attached hydrogen (secondary N) is 1. The van der Waals surface area contributed by atoms with E-state index in [4.69, 9.17) is 0 Å². The van der Waals surface area contributed by atoms with Crippen LogP contribution in [0.2, 0.25) is 0 Å². The number of aromatic nitrogens is 3. The summed E-state index contributed by atoms with van der Waals surface area (Å²) in [6, 6.07) is 6.26. The van der Waals surface area contributed by atoms with Gasteiger partial charge in [-0.15, -0.1) is 22.7 Å². The SMILES string of the molecule is Cc1nc(C(=O)N2[C@H](CNC(=O)c3c(C)nc4sccn34)C[C@@H]3C[C@@H]32)c(-c2ccc(F)cc2)s1. The van der Waals surface area contributed by atoms with Crippen molar-refractivity contribution >= 4 is 39.4 Å². The zero-order valence-corrected chi connectivity index (χ0v) is 20.3. The number of hydrogen-bond donors (Lipinski definition) is 1. The van der Waals surface area contributed by atoms with E-state index in [1.54, 1.807) is 16.5 Å². The smallest absolute Gasteiger partial charge is 0.274 e. The minimum atomic E-state index is -0.317. The molecule has 0 bridgehead atoms. The third kappa shape index (κ3) is 3.52. The predicted octanol–water partition coefficient (Wildman–Crippen LogP) is 4.31. The van der Waals surface area contributed by atoms with Gasteiger partial charge in [-0.1, -0.05) is 12.1 Å². The van der Waals surface area contributed by atoms with Crippen molar-refractivity contribution in [1.82, 2.24) is 24.6 Å². The van der Waals surface area contributed by atoms with Crippen LogP contribution in [-0.2, 0) is 0 Å². The van der Waals surface area contributed by atoms with E-state index in [2.05, 4.69) is 15.3 Å². The van der Waals surface area contributed by atoms with Crippen molar-refractivity contribution in [3.63, 3.8) is 0 Å². The maximum atomic E-state index is 13.7. The number of carbonyl (C=O) groups excluding carboxylic acids is 2. The van der Waals surface area contributed by atoms with Crippen molar-refractivity contribution in [2.24, 2.45) is 5.92 Å². The second-order valence-corrected chi connectivity index (χ2v) is 11.0. The Labute approximate surface area is 203 Å². The summed E-state index contributed by atoms with van der Waals surface area (Å²) in [5.41, 5.74) is 2.41. The monoisotopic (exact) mass is 495 g/mol. The van der Waals surface area contributed by atoms with Crippen molar-refractivity contribution in [2.75, 3.05) is 6.54 Å². The molecule has 1 aromatic carbocycles. The van der Waals surface area contributed by atoms with Gasteiger partial charge in [-0.2, -0.15) is 0 Å². The van der Waals surface area contributed by atoms with Crippen LogP contribution in [0, 0.1) is 25.6 Å². The lowest BCUT2D eigenvalue weighted by atomic mass is 10.1. The summed E-state index contributed by atoms with van der Waals surface area (Å²) < 4.78 is 15.2. The fourth-order valence-electron chi connectivity index (χ4n) is 5.01. The number of halogens is 1. The van der Waals surface area contributed by atoms with E-state index < -0.39 is 0 Å². The van der Waals surface area contributed by atoms with Gasteiger partial charge < -0.3 is 10.2 Å². The van der Waals surface area contributed by atoms with E-state index in [0.717, 1.165) is 33.3 Å². The van der Waals surface area contributed by atoms with Crippen LogP contribution in [0.3, 0.4) is 0 Å². The number of thiazole rings is 2. The molecule has 1 saturated heterocycles. The summed E-state index contributed by atoms with van der Waals surface area (Å²) in [5.74, 6) is -0.149. The van der Waals surface area contributed by atoms with Crippen molar-refractivity contribution in [2.45, 2.75) is 38.8 Å². The Morgan fingerprint density at radius 1 is 1.18 bits per heavy atom. The molecule has 3 atom stereocenters. The Morgan fingerprint density at radius 3 is 2.76 bits per heavy atom. The lowest BCUT2D eigenvalue weighted by Crippen LogP contribution is -2.45. The number of imidazole rings is 1. The Kier molecular flexibility index (Phi) is 5.03. The van der Waals surface area contributed by atoms with Crippen LogP contribution < -0.4 is 5.32 Å². The summed E-state index contributed by atoms with van der Waals surface area (Å²) in [7, 11) is 0. The first-order valence-corrected chi connectivity index (χ1v) is 12.9. The molecule has 7 nitrogen and oxygen atoms in total. The molecule has 3 aromatic heterocycles. The minimum Gasteiger partial charge on any atom is -0.349 e. The Morgan fingerprint density at radius 2 is 1.97 bits per heavy atom. The lowest BCUT2D eigenvalue weighted by molar-refractivity contribution is 0.0684. The number of rotatable bonds is 5. The van der Waals surface area contributed by atoms with Crippen LogP contribution in [0.1, 0.15) is 44.5 Å². The van der Waals surface area contributed by atoms with Gasteiger partial charge in [0.25, 0.3) is 11.8 Å². The first-order chi connectivity index (χ1) is 16.4. The molecule has 34 heavy (non-hydrogen) atoms. The van der Waals surface area contributed by atoms with Gasteiger partial charge in [0.15, 0.2) is 4.96 Å². The average Bonchev–Trinajstić information content (AvgIpc) is 3.16. The second kappa shape index (κ2) is 7.99. The van der Waals surface area contributed by atoms with E-state index in [-0.39, 0.29) is 29.7 Å². The van der Waals surface area contributed by atoms with Crippen molar-refractivity contribution in [3.8, 4) is 10.4 Å². The molecule has 1 aliphatic carbocycles. The largest absolute Gasteiger partial charge is 0.349 e. The van der Waals surface area contributed by atoms with Gasteiger partial charge >= 0.3 is 0 Å². The van der Waals surface area contributed by atoms with Crippen LogP contribution in [0.15, 0.2) is 35.8 Å². The number of hydrogen-bond acceptors (Lipinski definition) is 6. The highest BCUT2D eigenvalue weighted by molar-refractivity contribution is 7.15. The molecular weight excluding hydrogens is 473 g/mol. The minimum absolute atomic E-state index is 0.0885. The second-order valence-electron chi connectivity index (χ2n) is 8.89. The van der Waals surface area contributed by atoms with E-state index >= 15 is 0 Å². The van der Waals surface area contributed by atoms with Crippen LogP contribution in [0.25, 0.3) is 15.4 Å². The third-order valence-corrected chi connectivity index (χ3v) is 8.41. The van der Waals surface area contributed by atoms with Gasteiger partial charge in [0, 0.05) is 24.2 Å². The molecule has 0 unspecified atom stereocenters. The van der Waals surface area contributed by atoms with Gasteiger partial charge in [0.1, 0.15) is 17.2 Å². The van der Waals surface area contributed by atoms with Crippen molar-refractivity contribution in [3.05, 3.63) is 63.7 Å². The van der Waals surface area contributed by atoms with E-state index in [9.17, 15) is 14.0 Å². The van der Waals surface area contributed by atoms with Gasteiger partial charge in [0.05, 0.1) is 21.6 Å². The Balaban J connectivity index is 1.23. The van der Waals surface area contributed by atoms with Gasteiger partial charge in [-0.05, 0) is 50.3 Å². The maximum absolute atomic E-state index is 13.7. The number of fused-ring (bicyclic) bond motifs is 2. The summed E-state index contributed by atoms with van der Waals surface area (Å²) in [6.07, 6.45) is 3.70. The van der Waals surface area contributed by atoms with Gasteiger partial charge in [0.2, 0.25) is 0 Å². The molecule has 2 fully saturated rings. The third-order valence-electron chi connectivity index (χ3n) is 6.64. The molecule has 10 heteroatoms. The van der Waals surface area contributed by atoms with Crippen LogP contribution in [0.4, 0.5) is 4.39 Å². The molecule has 0 radical (unpaired) electrons. The standard InChI is InChI=1S/C24H22FN5O2S2/c1-12-20(29-7-8-33-24(29)27-12)22(31)26-11-17-9-15-10-18(15)30(17)23(32)19-21(34-13(2)28-19)14-3-5-16(25)6-4-14/h3-8,15,17-18H,9-11H2,1-2H3,(H,26,31)/t15-,17+,18+/m1/s1. The molecule has 2 aliphatic rings. The summed E-state index contributed by atoms with van der Waals surface area (Å²) in [4.78, 5) is 39.2. The number of carbonyl (C=O) groups is 2. The topological polar surface area (TPSA) is 79.6 Å². The Hall–Kier alpha value is -3.11. The quantitative estimate of drug-likeness (QED) is 0.448. The number of nitrogens with zero attached hydrogens (tertiary/aromatic N) is 4. The van der Waals surface area contributed by atoms with Gasteiger partial charge in [-0.25, -0.2) is 14.4 Å². The first kappa shape index (κ1) is 21.4. The molecule has 1 saturated carbocycles. The fraction of sp³-hybridized carbons (Fsp3) is 0.333. The highest BCUT2D eigenvalue weighted by atomic mass is 32.1. The zero-order valence-electron chi connectivity index (χ0n) is 18.6. The van der Waals surface area contributed by atoms with Crippen LogP contribution in [0.5, 0.6) is 0 Å². The van der Waals surface area contributed by atoms with Crippen LogP contribution >= 0.6 is 22.7 Å². The molecular formula is C24H22FN5O2S2. The van der Waals surface area contributed by atoms with Crippen molar-refractivity contribution < 1.29 is 14.0 Å². The molecule has 4 heterocycles. The maximum Gasteiger partial charge on any atom is 0.274 e. The summed E-state index contributed by atoms with van der Waals surface area (Å²) in [6.45, 7) is 4.08. The number of piperidine rings is 1. The Bertz CT molecular complexity index is 1420. The number of aryl methyl sites for hydroxylation is 2.